The van der Waals surface area contributed by atoms with Crippen molar-refractivity contribution in [1.82, 2.24) is 5.32 Å². The van der Waals surface area contributed by atoms with Gasteiger partial charge in [-0.05, 0) is 36.9 Å². The van der Waals surface area contributed by atoms with Crippen LogP contribution in [0.2, 0.25) is 5.02 Å². The van der Waals surface area contributed by atoms with E-state index in [1.54, 1.807) is 6.07 Å². The van der Waals surface area contributed by atoms with Gasteiger partial charge in [-0.2, -0.15) is 5.26 Å². The summed E-state index contributed by atoms with van der Waals surface area (Å²) in [6.07, 6.45) is 1.89. The second-order valence-electron chi connectivity index (χ2n) is 6.00. The lowest BCUT2D eigenvalue weighted by molar-refractivity contribution is -0.113. The zero-order valence-corrected chi connectivity index (χ0v) is 16.5. The van der Waals surface area contributed by atoms with Crippen molar-refractivity contribution in [2.45, 2.75) is 12.8 Å². The molecule has 4 nitrogen and oxygen atoms in total. The summed E-state index contributed by atoms with van der Waals surface area (Å²) in [6, 6.07) is 18.8. The molecule has 1 aliphatic heterocycles. The molecule has 6 heteroatoms. The molecule has 0 radical (unpaired) electrons. The first-order valence-corrected chi connectivity index (χ1v) is 9.94. The zero-order chi connectivity index (χ0) is 19.4. The van der Waals surface area contributed by atoms with Crippen molar-refractivity contribution in [3.63, 3.8) is 0 Å². The Bertz CT molecular complexity index is 976. The summed E-state index contributed by atoms with van der Waals surface area (Å²) in [5, 5.41) is 17.2. The number of amides is 1. The van der Waals surface area contributed by atoms with Crippen LogP contribution in [0.1, 0.15) is 18.4 Å². The maximum atomic E-state index is 13.1. The van der Waals surface area contributed by atoms with Gasteiger partial charge in [-0.25, -0.2) is 0 Å². The largest absolute Gasteiger partial charge is 0.353 e. The number of thioether (sulfide) groups is 1. The first-order valence-electron chi connectivity index (χ1n) is 8.33. The number of rotatable bonds is 4. The highest BCUT2D eigenvalue weighted by molar-refractivity contribution is 8.02. The van der Waals surface area contributed by atoms with Gasteiger partial charge in [0.05, 0.1) is 22.6 Å². The van der Waals surface area contributed by atoms with Gasteiger partial charge >= 0.3 is 0 Å². The predicted molar refractivity (Wildman–Crippen MR) is 111 cm³/mol. The van der Waals surface area contributed by atoms with E-state index < -0.39 is 5.92 Å². The molecule has 2 N–H and O–H groups in total. The average molecular weight is 396 g/mol. The van der Waals surface area contributed by atoms with Crippen molar-refractivity contribution in [2.24, 2.45) is 0 Å². The summed E-state index contributed by atoms with van der Waals surface area (Å²) in [6.45, 7) is 1.84. The number of anilines is 1. The molecule has 0 unspecified atom stereocenters. The van der Waals surface area contributed by atoms with Crippen LogP contribution in [0.3, 0.4) is 0 Å². The maximum absolute atomic E-state index is 13.1. The van der Waals surface area contributed by atoms with Crippen LogP contribution in [0.25, 0.3) is 0 Å². The number of benzene rings is 2. The molecule has 0 saturated carbocycles. The fourth-order valence-corrected chi connectivity index (χ4v) is 4.00. The van der Waals surface area contributed by atoms with Crippen LogP contribution >= 0.6 is 23.4 Å². The van der Waals surface area contributed by atoms with E-state index in [9.17, 15) is 10.1 Å². The number of halogens is 1. The van der Waals surface area contributed by atoms with E-state index in [4.69, 9.17) is 11.6 Å². The molecule has 1 aliphatic rings. The molecule has 1 atom stereocenters. The standard InChI is InChI=1S/C21H18ClN3OS/c1-13-18(20(26)25-14-8-4-3-5-9-14)19(15-10-6-7-11-17(15)22)16(12-23)21(24-13)27-2/h3-11,19,24H,1-2H3,(H,25,26)/t19-/m1/s1. The van der Waals surface area contributed by atoms with E-state index in [0.29, 0.717) is 27.6 Å². The van der Waals surface area contributed by atoms with Gasteiger partial charge in [-0.1, -0.05) is 48.0 Å². The van der Waals surface area contributed by atoms with Gasteiger partial charge in [0.2, 0.25) is 0 Å². The first-order chi connectivity index (χ1) is 13.1. The minimum atomic E-state index is -0.531. The van der Waals surface area contributed by atoms with Gasteiger partial charge in [0, 0.05) is 22.0 Å². The second-order valence-corrected chi connectivity index (χ2v) is 7.22. The van der Waals surface area contributed by atoms with Crippen molar-refractivity contribution >= 4 is 35.0 Å². The number of nitriles is 1. The number of allylic oxidation sites excluding steroid dienone is 2. The number of para-hydroxylation sites is 1. The van der Waals surface area contributed by atoms with Gasteiger partial charge in [0.25, 0.3) is 5.91 Å². The molecule has 1 amide bonds. The van der Waals surface area contributed by atoms with Gasteiger partial charge < -0.3 is 10.6 Å². The Labute approximate surface area is 167 Å². The lowest BCUT2D eigenvalue weighted by Crippen LogP contribution is -2.30. The molecule has 27 heavy (non-hydrogen) atoms. The zero-order valence-electron chi connectivity index (χ0n) is 14.9. The smallest absolute Gasteiger partial charge is 0.254 e. The summed E-state index contributed by atoms with van der Waals surface area (Å²) in [5.41, 5.74) is 3.11. The highest BCUT2D eigenvalue weighted by Gasteiger charge is 2.35. The first kappa shape index (κ1) is 19.1. The van der Waals surface area contributed by atoms with Crippen molar-refractivity contribution in [1.29, 1.82) is 5.26 Å². The molecular weight excluding hydrogens is 378 g/mol. The molecule has 0 fully saturated rings. The molecule has 1 heterocycles. The molecule has 0 saturated heterocycles. The Hall–Kier alpha value is -2.68. The molecule has 0 bridgehead atoms. The Morgan fingerprint density at radius 1 is 1.19 bits per heavy atom. The van der Waals surface area contributed by atoms with Crippen LogP contribution in [-0.2, 0) is 4.79 Å². The number of dihydropyridines is 1. The van der Waals surface area contributed by atoms with Crippen LogP contribution < -0.4 is 10.6 Å². The fourth-order valence-electron chi connectivity index (χ4n) is 3.11. The SMILES string of the molecule is CSC1=C(C#N)[C@@H](c2ccccc2Cl)C(C(=O)Nc2ccccc2)=C(C)N1. The fraction of sp³-hybridized carbons (Fsp3) is 0.143. The summed E-state index contributed by atoms with van der Waals surface area (Å²) in [5.74, 6) is -0.792. The maximum Gasteiger partial charge on any atom is 0.254 e. The van der Waals surface area contributed by atoms with Gasteiger partial charge in [-0.15, -0.1) is 11.8 Å². The van der Waals surface area contributed by atoms with E-state index in [-0.39, 0.29) is 5.91 Å². The number of carbonyl (C=O) groups is 1. The van der Waals surface area contributed by atoms with Crippen molar-refractivity contribution in [3.05, 3.63) is 87.1 Å². The van der Waals surface area contributed by atoms with Gasteiger partial charge in [0.1, 0.15) is 0 Å². The van der Waals surface area contributed by atoms with Gasteiger partial charge in [0.15, 0.2) is 0 Å². The molecule has 0 spiro atoms. The quantitative estimate of drug-likeness (QED) is 0.761. The molecule has 0 aromatic heterocycles. The summed E-state index contributed by atoms with van der Waals surface area (Å²) >= 11 is 7.88. The molecule has 2 aromatic carbocycles. The Morgan fingerprint density at radius 3 is 2.48 bits per heavy atom. The lowest BCUT2D eigenvalue weighted by Gasteiger charge is -2.30. The van der Waals surface area contributed by atoms with Crippen molar-refractivity contribution in [2.75, 3.05) is 11.6 Å². The summed E-state index contributed by atoms with van der Waals surface area (Å²) in [4.78, 5) is 13.1. The summed E-state index contributed by atoms with van der Waals surface area (Å²) in [7, 11) is 0. The van der Waals surface area contributed by atoms with E-state index in [1.807, 2.05) is 61.7 Å². The Kier molecular flexibility index (Phi) is 5.90. The number of carbonyl (C=O) groups excluding carboxylic acids is 1. The van der Waals surface area contributed by atoms with Gasteiger partial charge in [-0.3, -0.25) is 4.79 Å². The number of hydrogen-bond donors (Lipinski definition) is 2. The molecule has 0 aliphatic carbocycles. The Morgan fingerprint density at radius 2 is 1.85 bits per heavy atom. The number of nitrogens with one attached hydrogen (secondary N) is 2. The molecule has 136 valence electrons. The number of nitrogens with zero attached hydrogens (tertiary/aromatic N) is 1. The van der Waals surface area contributed by atoms with Crippen LogP contribution in [0.5, 0.6) is 0 Å². The van der Waals surface area contributed by atoms with Crippen LogP contribution in [-0.4, -0.2) is 12.2 Å². The Balaban J connectivity index is 2.11. The minimum Gasteiger partial charge on any atom is -0.353 e. The number of hydrogen-bond acceptors (Lipinski definition) is 4. The summed E-state index contributed by atoms with van der Waals surface area (Å²) < 4.78 is 0. The monoisotopic (exact) mass is 395 g/mol. The van der Waals surface area contributed by atoms with E-state index >= 15 is 0 Å². The third kappa shape index (κ3) is 3.87. The third-order valence-corrected chi connectivity index (χ3v) is 5.42. The van der Waals surface area contributed by atoms with E-state index in [0.717, 1.165) is 10.6 Å². The highest BCUT2D eigenvalue weighted by atomic mass is 35.5. The van der Waals surface area contributed by atoms with Crippen LogP contribution in [0, 0.1) is 11.3 Å². The van der Waals surface area contributed by atoms with Crippen molar-refractivity contribution < 1.29 is 4.79 Å². The highest BCUT2D eigenvalue weighted by Crippen LogP contribution is 2.42. The van der Waals surface area contributed by atoms with Crippen LogP contribution in [0.4, 0.5) is 5.69 Å². The average Bonchev–Trinajstić information content (AvgIpc) is 2.68. The van der Waals surface area contributed by atoms with Crippen molar-refractivity contribution in [3.8, 4) is 6.07 Å². The molecular formula is C21H18ClN3OS. The minimum absolute atomic E-state index is 0.260. The van der Waals surface area contributed by atoms with E-state index in [2.05, 4.69) is 16.7 Å². The molecule has 2 aromatic rings. The second kappa shape index (κ2) is 8.34. The topological polar surface area (TPSA) is 64.9 Å². The predicted octanol–water partition coefficient (Wildman–Crippen LogP) is 5.04. The van der Waals surface area contributed by atoms with E-state index in [1.165, 1.54) is 11.8 Å². The lowest BCUT2D eigenvalue weighted by atomic mass is 9.82. The third-order valence-electron chi connectivity index (χ3n) is 4.34. The molecule has 3 rings (SSSR count). The van der Waals surface area contributed by atoms with Crippen LogP contribution in [0.15, 0.2) is 76.5 Å². The normalized spacial score (nSPS) is 16.6.